The number of hydrogen-bond acceptors (Lipinski definition) is 4. The summed E-state index contributed by atoms with van der Waals surface area (Å²) in [5.74, 6) is 0.672. The van der Waals surface area contributed by atoms with Gasteiger partial charge in [-0.15, -0.1) is 11.3 Å². The molecule has 0 bridgehead atoms. The number of likely N-dealkylation sites (tertiary alicyclic amines) is 1. The Bertz CT molecular complexity index is 637. The molecule has 0 radical (unpaired) electrons. The minimum Gasteiger partial charge on any atom is -0.474 e. The molecule has 2 aromatic rings. The van der Waals surface area contributed by atoms with Crippen LogP contribution in [0.15, 0.2) is 35.7 Å². The summed E-state index contributed by atoms with van der Waals surface area (Å²) in [7, 11) is 0. The Labute approximate surface area is 140 Å². The number of piperidine rings is 1. The van der Waals surface area contributed by atoms with Gasteiger partial charge in [-0.25, -0.2) is 9.78 Å². The molecule has 3 heterocycles. The molecule has 0 aromatic carbocycles. The van der Waals surface area contributed by atoms with Crippen LogP contribution in [-0.4, -0.2) is 35.1 Å². The highest BCUT2D eigenvalue weighted by molar-refractivity contribution is 7.09. The third-order valence-electron chi connectivity index (χ3n) is 3.87. The summed E-state index contributed by atoms with van der Waals surface area (Å²) in [6, 6.07) is 9.81. The number of carbonyl (C=O) groups is 1. The summed E-state index contributed by atoms with van der Waals surface area (Å²) in [5, 5.41) is 4.99. The molecule has 2 amide bonds. The molecule has 3 rings (SSSR count). The molecular formula is C17H21N3O2S. The lowest BCUT2D eigenvalue weighted by molar-refractivity contribution is 0.107. The third-order valence-corrected chi connectivity index (χ3v) is 4.75. The molecule has 1 fully saturated rings. The average molecular weight is 331 g/mol. The maximum atomic E-state index is 12.2. The number of hydrogen-bond donors (Lipinski definition) is 1. The molecule has 122 valence electrons. The first kappa shape index (κ1) is 15.8. The SMILES string of the molecule is Cc1cccc(OC2CCN(C(=O)NCc3cccs3)CC2)n1. The number of aromatic nitrogens is 1. The van der Waals surface area contributed by atoms with E-state index < -0.39 is 0 Å². The Hall–Kier alpha value is -2.08. The van der Waals surface area contributed by atoms with E-state index in [-0.39, 0.29) is 12.1 Å². The first-order valence-electron chi connectivity index (χ1n) is 7.86. The van der Waals surface area contributed by atoms with Gasteiger partial charge in [-0.05, 0) is 24.4 Å². The quantitative estimate of drug-likeness (QED) is 0.936. The molecule has 0 atom stereocenters. The number of nitrogens with zero attached hydrogens (tertiary/aromatic N) is 2. The van der Waals surface area contributed by atoms with Crippen LogP contribution < -0.4 is 10.1 Å². The Morgan fingerprint density at radius 3 is 2.87 bits per heavy atom. The molecule has 0 spiro atoms. The first-order chi connectivity index (χ1) is 11.2. The van der Waals surface area contributed by atoms with Crippen LogP contribution in [0.25, 0.3) is 0 Å². The minimum absolute atomic E-state index is 0.00512. The first-order valence-corrected chi connectivity index (χ1v) is 8.74. The van der Waals surface area contributed by atoms with Crippen molar-refractivity contribution < 1.29 is 9.53 Å². The highest BCUT2D eigenvalue weighted by Crippen LogP contribution is 2.18. The lowest BCUT2D eigenvalue weighted by Crippen LogP contribution is -2.46. The van der Waals surface area contributed by atoms with Gasteiger partial charge in [0.25, 0.3) is 0 Å². The van der Waals surface area contributed by atoms with Crippen LogP contribution in [0.4, 0.5) is 4.79 Å². The van der Waals surface area contributed by atoms with Gasteiger partial charge in [-0.1, -0.05) is 12.1 Å². The molecule has 6 heteroatoms. The predicted octanol–water partition coefficient (Wildman–Crippen LogP) is 3.20. The zero-order valence-corrected chi connectivity index (χ0v) is 14.0. The molecule has 23 heavy (non-hydrogen) atoms. The normalized spacial score (nSPS) is 15.4. The number of amides is 2. The van der Waals surface area contributed by atoms with E-state index in [0.29, 0.717) is 25.5 Å². The Morgan fingerprint density at radius 1 is 1.35 bits per heavy atom. The lowest BCUT2D eigenvalue weighted by Gasteiger charge is -2.31. The second kappa shape index (κ2) is 7.46. The van der Waals surface area contributed by atoms with Crippen molar-refractivity contribution in [1.29, 1.82) is 0 Å². The van der Waals surface area contributed by atoms with Gasteiger partial charge < -0.3 is 15.0 Å². The second-order valence-corrected chi connectivity index (χ2v) is 6.69. The maximum Gasteiger partial charge on any atom is 0.317 e. The largest absolute Gasteiger partial charge is 0.474 e. The van der Waals surface area contributed by atoms with Crippen molar-refractivity contribution >= 4 is 17.4 Å². The van der Waals surface area contributed by atoms with Gasteiger partial charge in [0.15, 0.2) is 0 Å². The molecule has 1 aliphatic heterocycles. The molecule has 1 N–H and O–H groups in total. The number of urea groups is 1. The van der Waals surface area contributed by atoms with Crippen LogP contribution in [0.3, 0.4) is 0 Å². The molecule has 0 aliphatic carbocycles. The van der Waals surface area contributed by atoms with Crippen molar-refractivity contribution in [1.82, 2.24) is 15.2 Å². The van der Waals surface area contributed by atoms with Crippen molar-refractivity contribution in [3.05, 3.63) is 46.3 Å². The van der Waals surface area contributed by atoms with E-state index >= 15 is 0 Å². The monoisotopic (exact) mass is 331 g/mol. The molecule has 1 saturated heterocycles. The fourth-order valence-corrected chi connectivity index (χ4v) is 3.26. The topological polar surface area (TPSA) is 54.5 Å². The van der Waals surface area contributed by atoms with Crippen molar-refractivity contribution in [2.75, 3.05) is 13.1 Å². The van der Waals surface area contributed by atoms with E-state index in [1.165, 1.54) is 4.88 Å². The van der Waals surface area contributed by atoms with E-state index in [1.807, 2.05) is 47.5 Å². The van der Waals surface area contributed by atoms with E-state index in [9.17, 15) is 4.79 Å². The second-order valence-electron chi connectivity index (χ2n) is 5.66. The van der Waals surface area contributed by atoms with Crippen molar-refractivity contribution in [2.24, 2.45) is 0 Å². The summed E-state index contributed by atoms with van der Waals surface area (Å²) < 4.78 is 5.92. The van der Waals surface area contributed by atoms with Crippen molar-refractivity contribution in [2.45, 2.75) is 32.4 Å². The zero-order valence-electron chi connectivity index (χ0n) is 13.2. The standard InChI is InChI=1S/C17H21N3O2S/c1-13-4-2-6-16(19-13)22-14-7-9-20(10-8-14)17(21)18-12-15-5-3-11-23-15/h2-6,11,14H,7-10,12H2,1H3,(H,18,21). The summed E-state index contributed by atoms with van der Waals surface area (Å²) in [6.07, 6.45) is 1.80. The Balaban J connectivity index is 1.43. The number of thiophene rings is 1. The Kier molecular flexibility index (Phi) is 5.12. The molecule has 0 unspecified atom stereocenters. The summed E-state index contributed by atoms with van der Waals surface area (Å²) in [4.78, 5) is 19.6. The number of pyridine rings is 1. The highest BCUT2D eigenvalue weighted by Gasteiger charge is 2.24. The smallest absolute Gasteiger partial charge is 0.317 e. The van der Waals surface area contributed by atoms with Gasteiger partial charge in [0.1, 0.15) is 6.10 Å². The third kappa shape index (κ3) is 4.45. The van der Waals surface area contributed by atoms with Gasteiger partial charge >= 0.3 is 6.03 Å². The summed E-state index contributed by atoms with van der Waals surface area (Å²) in [6.45, 7) is 3.98. The van der Waals surface area contributed by atoms with E-state index in [4.69, 9.17) is 4.74 Å². The van der Waals surface area contributed by atoms with Crippen molar-refractivity contribution in [3.8, 4) is 5.88 Å². The Morgan fingerprint density at radius 2 is 2.17 bits per heavy atom. The maximum absolute atomic E-state index is 12.2. The number of carbonyl (C=O) groups excluding carboxylic acids is 1. The fraction of sp³-hybridized carbons (Fsp3) is 0.412. The van der Waals surface area contributed by atoms with E-state index in [0.717, 1.165) is 18.5 Å². The van der Waals surface area contributed by atoms with E-state index in [2.05, 4.69) is 10.3 Å². The molecule has 1 aliphatic rings. The van der Waals surface area contributed by atoms with E-state index in [1.54, 1.807) is 11.3 Å². The van der Waals surface area contributed by atoms with Crippen LogP contribution in [0.5, 0.6) is 5.88 Å². The van der Waals surface area contributed by atoms with Crippen LogP contribution in [0.1, 0.15) is 23.4 Å². The van der Waals surface area contributed by atoms with Crippen LogP contribution >= 0.6 is 11.3 Å². The van der Waals surface area contributed by atoms with Gasteiger partial charge in [0.2, 0.25) is 5.88 Å². The molecule has 0 saturated carbocycles. The van der Waals surface area contributed by atoms with Crippen LogP contribution in [0, 0.1) is 6.92 Å². The molecule has 5 nitrogen and oxygen atoms in total. The fourth-order valence-electron chi connectivity index (χ4n) is 2.62. The van der Waals surface area contributed by atoms with Crippen LogP contribution in [0.2, 0.25) is 0 Å². The predicted molar refractivity (Wildman–Crippen MR) is 90.8 cm³/mol. The van der Waals surface area contributed by atoms with Gasteiger partial charge in [0.05, 0.1) is 6.54 Å². The average Bonchev–Trinajstić information content (AvgIpc) is 3.07. The van der Waals surface area contributed by atoms with Gasteiger partial charge in [-0.3, -0.25) is 0 Å². The van der Waals surface area contributed by atoms with Gasteiger partial charge in [0, 0.05) is 42.6 Å². The molecular weight excluding hydrogens is 310 g/mol. The summed E-state index contributed by atoms with van der Waals surface area (Å²) in [5.41, 5.74) is 0.952. The zero-order chi connectivity index (χ0) is 16.1. The minimum atomic E-state index is 0.00512. The van der Waals surface area contributed by atoms with Gasteiger partial charge in [-0.2, -0.15) is 0 Å². The number of rotatable bonds is 4. The molecule has 2 aromatic heterocycles. The van der Waals surface area contributed by atoms with Crippen molar-refractivity contribution in [3.63, 3.8) is 0 Å². The number of aryl methyl sites for hydroxylation is 1. The lowest BCUT2D eigenvalue weighted by atomic mass is 10.1. The van der Waals surface area contributed by atoms with Crippen LogP contribution in [-0.2, 0) is 6.54 Å². The number of ether oxygens (including phenoxy) is 1. The summed E-state index contributed by atoms with van der Waals surface area (Å²) >= 11 is 1.65. The number of nitrogens with one attached hydrogen (secondary N) is 1. The highest BCUT2D eigenvalue weighted by atomic mass is 32.1.